The van der Waals surface area contributed by atoms with Crippen LogP contribution in [0.1, 0.15) is 19.4 Å². The molecule has 84 valence electrons. The van der Waals surface area contributed by atoms with Crippen molar-refractivity contribution < 1.29 is 4.79 Å². The van der Waals surface area contributed by atoms with E-state index in [1.165, 1.54) is 5.56 Å². The third-order valence-corrected chi connectivity index (χ3v) is 3.30. The fraction of sp³-hybridized carbons (Fsp3) is 0.357. The van der Waals surface area contributed by atoms with E-state index in [-0.39, 0.29) is 5.91 Å². The molecule has 2 heteroatoms. The molecule has 1 fully saturated rings. The smallest absolute Gasteiger partial charge is 0.232 e. The largest absolute Gasteiger partial charge is 0.334 e. The quantitative estimate of drug-likeness (QED) is 0.694. The standard InChI is InChI=1S/C14H17NO/c1-11-9-15(13(16)14(11,2)3)10-12-7-5-4-6-8-12/h4-8H,1,9-10H2,2-3H3. The molecular weight excluding hydrogens is 198 g/mol. The van der Waals surface area contributed by atoms with E-state index < -0.39 is 5.41 Å². The zero-order chi connectivity index (χ0) is 11.8. The van der Waals surface area contributed by atoms with Gasteiger partial charge in [-0.2, -0.15) is 0 Å². The van der Waals surface area contributed by atoms with E-state index in [1.54, 1.807) is 0 Å². The van der Waals surface area contributed by atoms with Gasteiger partial charge in [0.05, 0.1) is 5.41 Å². The fourth-order valence-electron chi connectivity index (χ4n) is 1.98. The molecule has 1 aliphatic heterocycles. The summed E-state index contributed by atoms with van der Waals surface area (Å²) < 4.78 is 0. The zero-order valence-corrected chi connectivity index (χ0v) is 9.86. The highest BCUT2D eigenvalue weighted by molar-refractivity contribution is 5.88. The van der Waals surface area contributed by atoms with E-state index in [0.717, 1.165) is 5.57 Å². The lowest BCUT2D eigenvalue weighted by Gasteiger charge is -2.19. The molecule has 2 rings (SSSR count). The Labute approximate surface area is 96.6 Å². The molecule has 0 unspecified atom stereocenters. The SMILES string of the molecule is C=C1CN(Cc2ccccc2)C(=O)C1(C)C. The summed E-state index contributed by atoms with van der Waals surface area (Å²) in [5, 5.41) is 0. The lowest BCUT2D eigenvalue weighted by atomic mass is 9.88. The summed E-state index contributed by atoms with van der Waals surface area (Å²) in [6, 6.07) is 10.1. The van der Waals surface area contributed by atoms with Crippen LogP contribution in [-0.2, 0) is 11.3 Å². The first-order chi connectivity index (χ1) is 7.51. The van der Waals surface area contributed by atoms with Crippen molar-refractivity contribution >= 4 is 5.91 Å². The Balaban J connectivity index is 2.14. The van der Waals surface area contributed by atoms with Crippen molar-refractivity contribution in [2.75, 3.05) is 6.54 Å². The summed E-state index contributed by atoms with van der Waals surface area (Å²) in [6.07, 6.45) is 0. The van der Waals surface area contributed by atoms with Crippen LogP contribution in [0, 0.1) is 5.41 Å². The van der Waals surface area contributed by atoms with Gasteiger partial charge in [0.25, 0.3) is 0 Å². The van der Waals surface area contributed by atoms with E-state index in [9.17, 15) is 4.79 Å². The Morgan fingerprint density at radius 3 is 2.44 bits per heavy atom. The molecule has 16 heavy (non-hydrogen) atoms. The number of carbonyl (C=O) groups excluding carboxylic acids is 1. The normalized spacial score (nSPS) is 19.2. The highest BCUT2D eigenvalue weighted by Gasteiger charge is 2.41. The summed E-state index contributed by atoms with van der Waals surface area (Å²) in [5.41, 5.74) is 1.78. The Morgan fingerprint density at radius 1 is 1.31 bits per heavy atom. The summed E-state index contributed by atoms with van der Waals surface area (Å²) in [5.74, 6) is 0.182. The van der Waals surface area contributed by atoms with Gasteiger partial charge in [0.1, 0.15) is 0 Å². The molecule has 0 aromatic heterocycles. The van der Waals surface area contributed by atoms with Gasteiger partial charge in [-0.1, -0.05) is 36.9 Å². The lowest BCUT2D eigenvalue weighted by molar-refractivity contribution is -0.134. The van der Waals surface area contributed by atoms with Crippen molar-refractivity contribution in [2.24, 2.45) is 5.41 Å². The van der Waals surface area contributed by atoms with Crippen LogP contribution in [0.3, 0.4) is 0 Å². The first-order valence-corrected chi connectivity index (χ1v) is 5.53. The number of likely N-dealkylation sites (tertiary alicyclic amines) is 1. The van der Waals surface area contributed by atoms with Gasteiger partial charge in [-0.05, 0) is 25.0 Å². The molecule has 0 aliphatic carbocycles. The van der Waals surface area contributed by atoms with Crippen LogP contribution in [0.15, 0.2) is 42.5 Å². The molecule has 0 bridgehead atoms. The maximum atomic E-state index is 12.1. The van der Waals surface area contributed by atoms with Gasteiger partial charge in [-0.15, -0.1) is 0 Å². The minimum absolute atomic E-state index is 0.182. The van der Waals surface area contributed by atoms with Crippen molar-refractivity contribution in [1.82, 2.24) is 4.90 Å². The predicted molar refractivity (Wildman–Crippen MR) is 64.8 cm³/mol. The molecule has 0 spiro atoms. The number of rotatable bonds is 2. The highest BCUT2D eigenvalue weighted by Crippen LogP contribution is 2.35. The fourth-order valence-corrected chi connectivity index (χ4v) is 1.98. The van der Waals surface area contributed by atoms with Crippen molar-refractivity contribution in [1.29, 1.82) is 0 Å². The summed E-state index contributed by atoms with van der Waals surface area (Å²) in [7, 11) is 0. The maximum Gasteiger partial charge on any atom is 0.232 e. The van der Waals surface area contributed by atoms with Crippen LogP contribution < -0.4 is 0 Å². The van der Waals surface area contributed by atoms with Gasteiger partial charge in [0.2, 0.25) is 5.91 Å². The maximum absolute atomic E-state index is 12.1. The average molecular weight is 215 g/mol. The topological polar surface area (TPSA) is 20.3 Å². The third kappa shape index (κ3) is 1.75. The van der Waals surface area contributed by atoms with Gasteiger partial charge in [0, 0.05) is 13.1 Å². The average Bonchev–Trinajstić information content (AvgIpc) is 2.45. The Kier molecular flexibility index (Phi) is 2.58. The van der Waals surface area contributed by atoms with Gasteiger partial charge in [-0.25, -0.2) is 0 Å². The van der Waals surface area contributed by atoms with Crippen molar-refractivity contribution in [3.05, 3.63) is 48.0 Å². The minimum atomic E-state index is -0.394. The van der Waals surface area contributed by atoms with Crippen LogP contribution in [0.4, 0.5) is 0 Å². The lowest BCUT2D eigenvalue weighted by Crippen LogP contribution is -2.30. The zero-order valence-electron chi connectivity index (χ0n) is 9.86. The number of hydrogen-bond acceptors (Lipinski definition) is 1. The van der Waals surface area contributed by atoms with E-state index in [2.05, 4.69) is 6.58 Å². The van der Waals surface area contributed by atoms with Gasteiger partial charge >= 0.3 is 0 Å². The van der Waals surface area contributed by atoms with E-state index in [4.69, 9.17) is 0 Å². The minimum Gasteiger partial charge on any atom is -0.334 e. The predicted octanol–water partition coefficient (Wildman–Crippen LogP) is 2.61. The van der Waals surface area contributed by atoms with Crippen LogP contribution in [0.5, 0.6) is 0 Å². The van der Waals surface area contributed by atoms with E-state index in [0.29, 0.717) is 13.1 Å². The third-order valence-electron chi connectivity index (χ3n) is 3.30. The number of benzene rings is 1. The molecule has 1 aromatic rings. The first-order valence-electron chi connectivity index (χ1n) is 5.53. The highest BCUT2D eigenvalue weighted by atomic mass is 16.2. The molecule has 0 N–H and O–H groups in total. The molecule has 1 heterocycles. The van der Waals surface area contributed by atoms with Crippen LogP contribution >= 0.6 is 0 Å². The second kappa shape index (κ2) is 3.78. The number of amides is 1. The van der Waals surface area contributed by atoms with Gasteiger partial charge < -0.3 is 4.90 Å². The molecule has 0 saturated carbocycles. The number of carbonyl (C=O) groups is 1. The monoisotopic (exact) mass is 215 g/mol. The van der Waals surface area contributed by atoms with E-state index >= 15 is 0 Å². The number of nitrogens with zero attached hydrogens (tertiary/aromatic N) is 1. The Bertz CT molecular complexity index is 420. The molecule has 1 amide bonds. The molecular formula is C14H17NO. The second-order valence-corrected chi connectivity index (χ2v) is 4.88. The molecule has 2 nitrogen and oxygen atoms in total. The Hall–Kier alpha value is -1.57. The molecule has 0 atom stereocenters. The van der Waals surface area contributed by atoms with Crippen LogP contribution in [0.2, 0.25) is 0 Å². The number of hydrogen-bond donors (Lipinski definition) is 0. The molecule has 1 aromatic carbocycles. The van der Waals surface area contributed by atoms with Crippen molar-refractivity contribution in [3.8, 4) is 0 Å². The summed E-state index contributed by atoms with van der Waals surface area (Å²) >= 11 is 0. The van der Waals surface area contributed by atoms with Crippen molar-refractivity contribution in [3.63, 3.8) is 0 Å². The summed E-state index contributed by atoms with van der Waals surface area (Å²) in [6.45, 7) is 9.24. The second-order valence-electron chi connectivity index (χ2n) is 4.88. The molecule has 1 aliphatic rings. The van der Waals surface area contributed by atoms with Gasteiger partial charge in [0.15, 0.2) is 0 Å². The summed E-state index contributed by atoms with van der Waals surface area (Å²) in [4.78, 5) is 14.0. The van der Waals surface area contributed by atoms with Crippen molar-refractivity contribution in [2.45, 2.75) is 20.4 Å². The van der Waals surface area contributed by atoms with Gasteiger partial charge in [-0.3, -0.25) is 4.79 Å². The first kappa shape index (κ1) is 10.9. The Morgan fingerprint density at radius 2 is 1.94 bits per heavy atom. The molecule has 1 saturated heterocycles. The van der Waals surface area contributed by atoms with E-state index in [1.807, 2.05) is 49.1 Å². The van der Waals surface area contributed by atoms with Crippen LogP contribution in [-0.4, -0.2) is 17.4 Å². The molecule has 0 radical (unpaired) electrons. The van der Waals surface area contributed by atoms with Crippen LogP contribution in [0.25, 0.3) is 0 Å².